The Hall–Kier alpha value is -1.93. The molecule has 1 N–H and O–H groups in total. The molecule has 0 saturated carbocycles. The van der Waals surface area contributed by atoms with Crippen molar-refractivity contribution in [2.45, 2.75) is 5.03 Å². The first kappa shape index (κ1) is 13.1. The second-order valence-electron chi connectivity index (χ2n) is 3.95. The van der Waals surface area contributed by atoms with Gasteiger partial charge >= 0.3 is 0 Å². The Kier molecular flexibility index (Phi) is 3.19. The number of fused-ring (bicyclic) bond motifs is 1. The number of nitrogens with one attached hydrogen (secondary N) is 1. The lowest BCUT2D eigenvalue weighted by Crippen LogP contribution is -2.14. The molecule has 3 aromatic rings. The van der Waals surface area contributed by atoms with Gasteiger partial charge in [0, 0.05) is 10.7 Å². The quantitative estimate of drug-likeness (QED) is 0.782. The number of hydrogen-bond acceptors (Lipinski definition) is 5. The Morgan fingerprint density at radius 2 is 1.95 bits per heavy atom. The van der Waals surface area contributed by atoms with Crippen molar-refractivity contribution in [3.63, 3.8) is 0 Å². The number of pyridine rings is 1. The summed E-state index contributed by atoms with van der Waals surface area (Å²) in [5.74, 6) is 0.144. The molecule has 3 rings (SSSR count). The van der Waals surface area contributed by atoms with E-state index in [0.717, 1.165) is 0 Å². The van der Waals surface area contributed by atoms with Crippen LogP contribution in [0.4, 0.5) is 5.82 Å². The van der Waals surface area contributed by atoms with E-state index in [-0.39, 0.29) is 10.8 Å². The highest BCUT2D eigenvalue weighted by molar-refractivity contribution is 9.10. The van der Waals surface area contributed by atoms with Crippen molar-refractivity contribution in [2.24, 2.45) is 0 Å². The highest BCUT2D eigenvalue weighted by Crippen LogP contribution is 2.24. The predicted molar refractivity (Wildman–Crippen MR) is 76.8 cm³/mol. The number of para-hydroxylation sites is 1. The number of nitrogens with zero attached hydrogens (tertiary/aromatic N) is 2. The van der Waals surface area contributed by atoms with Gasteiger partial charge in [-0.25, -0.2) is 4.98 Å². The van der Waals surface area contributed by atoms with Gasteiger partial charge < -0.3 is 4.52 Å². The molecule has 0 bridgehead atoms. The van der Waals surface area contributed by atoms with Gasteiger partial charge in [-0.3, -0.25) is 4.72 Å². The van der Waals surface area contributed by atoms with E-state index in [1.165, 1.54) is 12.3 Å². The van der Waals surface area contributed by atoms with Gasteiger partial charge in [-0.05, 0) is 40.2 Å². The third-order valence-corrected chi connectivity index (χ3v) is 4.31. The normalized spacial score (nSPS) is 11.7. The van der Waals surface area contributed by atoms with Crippen LogP contribution in [0.1, 0.15) is 0 Å². The lowest BCUT2D eigenvalue weighted by molar-refractivity contribution is 0.460. The Labute approximate surface area is 123 Å². The van der Waals surface area contributed by atoms with Crippen LogP contribution in [0, 0.1) is 0 Å². The molecule has 0 atom stereocenters. The van der Waals surface area contributed by atoms with Gasteiger partial charge in [0.1, 0.15) is 0 Å². The molecule has 1 aromatic carbocycles. The SMILES string of the molecule is O=S(=O)(Nc1noc2ccccc12)c1ccc(Br)cn1. The predicted octanol–water partition coefficient (Wildman–Crippen LogP) is 2.79. The molecule has 8 heteroatoms. The largest absolute Gasteiger partial charge is 0.354 e. The summed E-state index contributed by atoms with van der Waals surface area (Å²) in [6, 6.07) is 9.98. The molecule has 2 heterocycles. The van der Waals surface area contributed by atoms with E-state index >= 15 is 0 Å². The summed E-state index contributed by atoms with van der Waals surface area (Å²) in [5.41, 5.74) is 0.508. The highest BCUT2D eigenvalue weighted by atomic mass is 79.9. The van der Waals surface area contributed by atoms with E-state index in [1.54, 1.807) is 30.3 Å². The molecule has 2 aromatic heterocycles. The fraction of sp³-hybridized carbons (Fsp3) is 0. The Balaban J connectivity index is 1.99. The van der Waals surface area contributed by atoms with Gasteiger partial charge in [0.05, 0.1) is 5.39 Å². The molecule has 0 radical (unpaired) electrons. The van der Waals surface area contributed by atoms with Crippen LogP contribution in [-0.2, 0) is 10.0 Å². The van der Waals surface area contributed by atoms with E-state index in [2.05, 4.69) is 30.8 Å². The number of aromatic nitrogens is 2. The molecule has 0 aliphatic carbocycles. The summed E-state index contributed by atoms with van der Waals surface area (Å²) in [6.45, 7) is 0. The molecular formula is C12H8BrN3O3S. The monoisotopic (exact) mass is 353 g/mol. The first-order valence-electron chi connectivity index (χ1n) is 5.55. The topological polar surface area (TPSA) is 85.1 Å². The number of hydrogen-bond donors (Lipinski definition) is 1. The minimum Gasteiger partial charge on any atom is -0.354 e. The zero-order valence-corrected chi connectivity index (χ0v) is 12.3. The average Bonchev–Trinajstić information content (AvgIpc) is 2.82. The number of sulfonamides is 1. The van der Waals surface area contributed by atoms with Crippen molar-refractivity contribution in [1.82, 2.24) is 10.1 Å². The number of anilines is 1. The lowest BCUT2D eigenvalue weighted by atomic mass is 10.2. The third kappa shape index (κ3) is 2.39. The third-order valence-electron chi connectivity index (χ3n) is 2.58. The maximum Gasteiger partial charge on any atom is 0.280 e. The number of halogens is 1. The fourth-order valence-corrected chi connectivity index (χ4v) is 2.84. The smallest absolute Gasteiger partial charge is 0.280 e. The van der Waals surface area contributed by atoms with Crippen molar-refractivity contribution < 1.29 is 12.9 Å². The highest BCUT2D eigenvalue weighted by Gasteiger charge is 2.19. The summed E-state index contributed by atoms with van der Waals surface area (Å²) in [6.07, 6.45) is 1.41. The second kappa shape index (κ2) is 4.88. The zero-order chi connectivity index (χ0) is 14.2. The van der Waals surface area contributed by atoms with Crippen LogP contribution < -0.4 is 4.72 Å². The van der Waals surface area contributed by atoms with Crippen molar-refractivity contribution in [3.05, 3.63) is 47.1 Å². The number of rotatable bonds is 3. The van der Waals surface area contributed by atoms with Gasteiger partial charge in [-0.2, -0.15) is 8.42 Å². The molecule has 102 valence electrons. The van der Waals surface area contributed by atoms with E-state index in [1.807, 2.05) is 0 Å². The summed E-state index contributed by atoms with van der Waals surface area (Å²) in [4.78, 5) is 3.85. The van der Waals surface area contributed by atoms with Crippen molar-refractivity contribution >= 4 is 42.7 Å². The van der Waals surface area contributed by atoms with Crippen molar-refractivity contribution in [3.8, 4) is 0 Å². The maximum absolute atomic E-state index is 12.2. The summed E-state index contributed by atoms with van der Waals surface area (Å²) < 4.78 is 32.5. The van der Waals surface area contributed by atoms with Crippen LogP contribution in [-0.4, -0.2) is 18.6 Å². The average molecular weight is 354 g/mol. The van der Waals surface area contributed by atoms with Gasteiger partial charge in [0.15, 0.2) is 16.4 Å². The molecule has 0 aliphatic rings. The number of benzene rings is 1. The van der Waals surface area contributed by atoms with E-state index < -0.39 is 10.0 Å². The molecule has 0 fully saturated rings. The van der Waals surface area contributed by atoms with Crippen molar-refractivity contribution in [2.75, 3.05) is 4.72 Å². The van der Waals surface area contributed by atoms with E-state index in [0.29, 0.717) is 15.4 Å². The van der Waals surface area contributed by atoms with Crippen LogP contribution in [0.25, 0.3) is 11.0 Å². The summed E-state index contributed by atoms with van der Waals surface area (Å²) in [7, 11) is -3.80. The second-order valence-corrected chi connectivity index (χ2v) is 6.49. The van der Waals surface area contributed by atoms with Gasteiger partial charge in [0.25, 0.3) is 10.0 Å². The minimum absolute atomic E-state index is 0.0900. The Bertz CT molecular complexity index is 859. The van der Waals surface area contributed by atoms with Crippen LogP contribution >= 0.6 is 15.9 Å². The van der Waals surface area contributed by atoms with E-state index in [9.17, 15) is 8.42 Å². The molecule has 20 heavy (non-hydrogen) atoms. The fourth-order valence-electron chi connectivity index (χ4n) is 1.66. The van der Waals surface area contributed by atoms with E-state index in [4.69, 9.17) is 4.52 Å². The molecular weight excluding hydrogens is 346 g/mol. The van der Waals surface area contributed by atoms with Crippen molar-refractivity contribution in [1.29, 1.82) is 0 Å². The first-order chi connectivity index (χ1) is 9.56. The van der Waals surface area contributed by atoms with Crippen LogP contribution in [0.15, 0.2) is 56.6 Å². The minimum atomic E-state index is -3.80. The molecule has 0 amide bonds. The first-order valence-corrected chi connectivity index (χ1v) is 7.83. The Morgan fingerprint density at radius 1 is 1.15 bits per heavy atom. The molecule has 0 spiro atoms. The Morgan fingerprint density at radius 3 is 2.70 bits per heavy atom. The van der Waals surface area contributed by atoms with Crippen LogP contribution in [0.3, 0.4) is 0 Å². The standard InChI is InChI=1S/C12H8BrN3O3S/c13-8-5-6-11(14-7-8)20(17,18)16-12-9-3-1-2-4-10(9)19-15-12/h1-7H,(H,15,16). The lowest BCUT2D eigenvalue weighted by Gasteiger charge is -2.04. The van der Waals surface area contributed by atoms with Gasteiger partial charge in [-0.1, -0.05) is 17.3 Å². The molecule has 0 saturated heterocycles. The van der Waals surface area contributed by atoms with Crippen LogP contribution in [0.5, 0.6) is 0 Å². The molecule has 0 unspecified atom stereocenters. The molecule has 6 nitrogen and oxygen atoms in total. The van der Waals surface area contributed by atoms with Crippen LogP contribution in [0.2, 0.25) is 0 Å². The zero-order valence-electron chi connectivity index (χ0n) is 9.95. The molecule has 0 aliphatic heterocycles. The maximum atomic E-state index is 12.2. The van der Waals surface area contributed by atoms with Gasteiger partial charge in [-0.15, -0.1) is 0 Å². The summed E-state index contributed by atoms with van der Waals surface area (Å²) >= 11 is 3.20. The van der Waals surface area contributed by atoms with Gasteiger partial charge in [0.2, 0.25) is 0 Å². The summed E-state index contributed by atoms with van der Waals surface area (Å²) in [5, 5.41) is 4.22.